The summed E-state index contributed by atoms with van der Waals surface area (Å²) in [7, 11) is 0. The average Bonchev–Trinajstić information content (AvgIpc) is 3.22. The molecule has 3 aromatic carbocycles. The number of benzene rings is 3. The van der Waals surface area contributed by atoms with E-state index in [1.54, 1.807) is 0 Å². The number of fused-ring (bicyclic) bond motifs is 1. The number of nitrogens with zero attached hydrogens (tertiary/aromatic N) is 2. The van der Waals surface area contributed by atoms with Crippen molar-refractivity contribution < 1.29 is 9.53 Å². The van der Waals surface area contributed by atoms with Gasteiger partial charge in [-0.25, -0.2) is 4.98 Å². The van der Waals surface area contributed by atoms with Crippen molar-refractivity contribution in [1.82, 2.24) is 14.9 Å². The van der Waals surface area contributed by atoms with Gasteiger partial charge in [-0.3, -0.25) is 4.79 Å². The smallest absolute Gasteiger partial charge is 0.251 e. The number of carbonyl (C=O) groups is 1. The van der Waals surface area contributed by atoms with Crippen LogP contribution in [0, 0.1) is 6.92 Å². The summed E-state index contributed by atoms with van der Waals surface area (Å²) in [6, 6.07) is 25.8. The van der Waals surface area contributed by atoms with E-state index in [1.165, 1.54) is 5.52 Å². The summed E-state index contributed by atoms with van der Waals surface area (Å²) < 4.78 is 8.34. The lowest BCUT2D eigenvalue weighted by atomic mass is 10.1. The van der Waals surface area contributed by atoms with Gasteiger partial charge in [-0.2, -0.15) is 0 Å². The normalized spacial score (nSPS) is 11.0. The molecular formula is C29H33N3O2. The van der Waals surface area contributed by atoms with Crippen LogP contribution in [0.2, 0.25) is 0 Å². The van der Waals surface area contributed by atoms with E-state index in [0.717, 1.165) is 61.3 Å². The van der Waals surface area contributed by atoms with Crippen LogP contribution in [-0.4, -0.2) is 28.6 Å². The number of aromatic nitrogens is 2. The maximum Gasteiger partial charge on any atom is 0.251 e. The number of ether oxygens (including phenoxy) is 1. The third-order valence-electron chi connectivity index (χ3n) is 6.01. The lowest BCUT2D eigenvalue weighted by Gasteiger charge is -2.12. The van der Waals surface area contributed by atoms with Crippen LogP contribution in [0.25, 0.3) is 11.0 Å². The molecule has 1 heterocycles. The molecule has 1 aromatic heterocycles. The Morgan fingerprint density at radius 1 is 0.882 bits per heavy atom. The molecule has 4 aromatic rings. The van der Waals surface area contributed by atoms with Gasteiger partial charge in [0.2, 0.25) is 0 Å². The second-order valence-electron chi connectivity index (χ2n) is 8.57. The molecule has 0 radical (unpaired) electrons. The van der Waals surface area contributed by atoms with Crippen LogP contribution in [0.5, 0.6) is 5.75 Å². The molecular weight excluding hydrogens is 422 g/mol. The van der Waals surface area contributed by atoms with E-state index in [-0.39, 0.29) is 5.91 Å². The van der Waals surface area contributed by atoms with Crippen molar-refractivity contribution in [1.29, 1.82) is 0 Å². The highest BCUT2D eigenvalue weighted by Gasteiger charge is 2.10. The fraction of sp³-hybridized carbons (Fsp3) is 0.310. The van der Waals surface area contributed by atoms with Gasteiger partial charge in [-0.15, -0.1) is 0 Å². The predicted molar refractivity (Wildman–Crippen MR) is 137 cm³/mol. The molecule has 0 saturated heterocycles. The summed E-state index contributed by atoms with van der Waals surface area (Å²) >= 11 is 0. The van der Waals surface area contributed by atoms with Crippen LogP contribution in [0.4, 0.5) is 0 Å². The third kappa shape index (κ3) is 6.25. The standard InChI is InChI=1S/C29H33N3O2/c1-23-13-7-10-18-27(23)34-22-12-21-32-26-17-9-8-16-25(26)31-28(32)19-6-3-11-20-30-29(33)24-14-4-2-5-15-24/h2,4-5,7-10,13-18H,3,6,11-12,19-22H2,1H3,(H,30,33). The van der Waals surface area contributed by atoms with E-state index in [0.29, 0.717) is 18.7 Å². The van der Waals surface area contributed by atoms with Crippen molar-refractivity contribution >= 4 is 16.9 Å². The largest absolute Gasteiger partial charge is 0.493 e. The van der Waals surface area contributed by atoms with Crippen molar-refractivity contribution in [3.63, 3.8) is 0 Å². The maximum absolute atomic E-state index is 12.1. The van der Waals surface area contributed by atoms with Gasteiger partial charge in [0.15, 0.2) is 0 Å². The average molecular weight is 456 g/mol. The SMILES string of the molecule is Cc1ccccc1OCCCn1c(CCCCCNC(=O)c2ccccc2)nc2ccccc21. The molecule has 5 nitrogen and oxygen atoms in total. The van der Waals surface area contributed by atoms with Gasteiger partial charge in [-0.1, -0.05) is 55.0 Å². The minimum absolute atomic E-state index is 0.00434. The molecule has 0 fully saturated rings. The van der Waals surface area contributed by atoms with Gasteiger partial charge in [0.05, 0.1) is 17.6 Å². The second-order valence-corrected chi connectivity index (χ2v) is 8.57. The molecule has 1 amide bonds. The first-order chi connectivity index (χ1) is 16.7. The fourth-order valence-electron chi connectivity index (χ4n) is 4.17. The van der Waals surface area contributed by atoms with Gasteiger partial charge >= 0.3 is 0 Å². The first-order valence-corrected chi connectivity index (χ1v) is 12.2. The highest BCUT2D eigenvalue weighted by atomic mass is 16.5. The Morgan fingerprint density at radius 2 is 1.65 bits per heavy atom. The number of rotatable bonds is 12. The molecule has 0 unspecified atom stereocenters. The number of unbranched alkanes of at least 4 members (excludes halogenated alkanes) is 2. The fourth-order valence-corrected chi connectivity index (χ4v) is 4.17. The zero-order valence-corrected chi connectivity index (χ0v) is 19.9. The van der Waals surface area contributed by atoms with Crippen molar-refractivity contribution in [3.8, 4) is 5.75 Å². The number of para-hydroxylation sites is 3. The molecule has 0 atom stereocenters. The lowest BCUT2D eigenvalue weighted by molar-refractivity contribution is 0.0953. The Bertz CT molecular complexity index is 1200. The topological polar surface area (TPSA) is 56.1 Å². The zero-order chi connectivity index (χ0) is 23.6. The second kappa shape index (κ2) is 12.0. The summed E-state index contributed by atoms with van der Waals surface area (Å²) in [6.07, 6.45) is 4.91. The van der Waals surface area contributed by atoms with E-state index in [9.17, 15) is 4.79 Å². The van der Waals surface area contributed by atoms with Gasteiger partial charge in [0.1, 0.15) is 11.6 Å². The maximum atomic E-state index is 12.1. The summed E-state index contributed by atoms with van der Waals surface area (Å²) in [5, 5.41) is 3.01. The first kappa shape index (κ1) is 23.6. The first-order valence-electron chi connectivity index (χ1n) is 12.2. The molecule has 4 rings (SSSR count). The highest BCUT2D eigenvalue weighted by Crippen LogP contribution is 2.20. The van der Waals surface area contributed by atoms with E-state index in [1.807, 2.05) is 54.6 Å². The van der Waals surface area contributed by atoms with E-state index in [4.69, 9.17) is 9.72 Å². The van der Waals surface area contributed by atoms with E-state index < -0.39 is 0 Å². The van der Waals surface area contributed by atoms with Gasteiger partial charge < -0.3 is 14.6 Å². The van der Waals surface area contributed by atoms with Crippen molar-refractivity contribution in [2.24, 2.45) is 0 Å². The van der Waals surface area contributed by atoms with E-state index in [2.05, 4.69) is 41.1 Å². The molecule has 1 N–H and O–H groups in total. The monoisotopic (exact) mass is 455 g/mol. The minimum atomic E-state index is -0.00434. The molecule has 0 saturated carbocycles. The molecule has 0 aliphatic rings. The number of hydrogen-bond donors (Lipinski definition) is 1. The summed E-state index contributed by atoms with van der Waals surface area (Å²) in [4.78, 5) is 17.0. The number of imidazole rings is 1. The van der Waals surface area contributed by atoms with Gasteiger partial charge in [0, 0.05) is 25.1 Å². The Kier molecular flexibility index (Phi) is 8.33. The van der Waals surface area contributed by atoms with E-state index >= 15 is 0 Å². The van der Waals surface area contributed by atoms with Crippen molar-refractivity contribution in [2.75, 3.05) is 13.2 Å². The van der Waals surface area contributed by atoms with Crippen LogP contribution in [0.3, 0.4) is 0 Å². The number of nitrogens with one attached hydrogen (secondary N) is 1. The molecule has 34 heavy (non-hydrogen) atoms. The van der Waals surface area contributed by atoms with Crippen LogP contribution < -0.4 is 10.1 Å². The summed E-state index contributed by atoms with van der Waals surface area (Å²) in [6.45, 7) is 4.33. The van der Waals surface area contributed by atoms with Gasteiger partial charge in [-0.05, 0) is 62.1 Å². The Balaban J connectivity index is 1.25. The Hall–Kier alpha value is -3.60. The number of carbonyl (C=O) groups excluding carboxylic acids is 1. The van der Waals surface area contributed by atoms with Crippen LogP contribution >= 0.6 is 0 Å². The minimum Gasteiger partial charge on any atom is -0.493 e. The third-order valence-corrected chi connectivity index (χ3v) is 6.01. The molecule has 0 aliphatic carbocycles. The van der Waals surface area contributed by atoms with Crippen LogP contribution in [-0.2, 0) is 13.0 Å². The summed E-state index contributed by atoms with van der Waals surface area (Å²) in [5.74, 6) is 2.08. The summed E-state index contributed by atoms with van der Waals surface area (Å²) in [5.41, 5.74) is 4.11. The molecule has 5 heteroatoms. The van der Waals surface area contributed by atoms with Crippen molar-refractivity contribution in [2.45, 2.75) is 45.6 Å². The Morgan fingerprint density at radius 3 is 2.50 bits per heavy atom. The van der Waals surface area contributed by atoms with Crippen molar-refractivity contribution in [3.05, 3.63) is 95.8 Å². The molecule has 0 aliphatic heterocycles. The highest BCUT2D eigenvalue weighted by molar-refractivity contribution is 5.94. The van der Waals surface area contributed by atoms with Crippen LogP contribution in [0.15, 0.2) is 78.9 Å². The van der Waals surface area contributed by atoms with Crippen LogP contribution in [0.1, 0.15) is 47.4 Å². The molecule has 0 bridgehead atoms. The quantitative estimate of drug-likeness (QED) is 0.268. The number of hydrogen-bond acceptors (Lipinski definition) is 3. The zero-order valence-electron chi connectivity index (χ0n) is 19.9. The lowest BCUT2D eigenvalue weighted by Crippen LogP contribution is -2.24. The Labute approximate surface area is 201 Å². The number of amides is 1. The molecule has 0 spiro atoms. The molecule has 176 valence electrons. The van der Waals surface area contributed by atoms with Gasteiger partial charge in [0.25, 0.3) is 5.91 Å². The predicted octanol–water partition coefficient (Wildman–Crippen LogP) is 5.96. The number of aryl methyl sites for hydroxylation is 3.